The second kappa shape index (κ2) is 9.41. The van der Waals surface area contributed by atoms with Gasteiger partial charge in [0.05, 0.1) is 13.2 Å². The average Bonchev–Trinajstić information content (AvgIpc) is 2.77. The van der Waals surface area contributed by atoms with E-state index in [2.05, 4.69) is 30.8 Å². The van der Waals surface area contributed by atoms with Gasteiger partial charge in [0.1, 0.15) is 5.82 Å². The number of urea groups is 1. The minimum atomic E-state index is -0.244. The van der Waals surface area contributed by atoms with E-state index in [4.69, 9.17) is 4.74 Å². The lowest BCUT2D eigenvalue weighted by Crippen LogP contribution is -2.37. The first-order valence-electron chi connectivity index (χ1n) is 10.1. The van der Waals surface area contributed by atoms with Gasteiger partial charge in [0.25, 0.3) is 0 Å². The Balaban J connectivity index is 1.26. The summed E-state index contributed by atoms with van der Waals surface area (Å²) in [6, 6.07) is 15.6. The second-order valence-corrected chi connectivity index (χ2v) is 7.16. The van der Waals surface area contributed by atoms with E-state index >= 15 is 0 Å². The van der Waals surface area contributed by atoms with Crippen molar-refractivity contribution in [2.24, 2.45) is 0 Å². The van der Waals surface area contributed by atoms with E-state index in [1.807, 2.05) is 55.5 Å². The molecule has 0 aliphatic carbocycles. The Morgan fingerprint density at radius 1 is 1.03 bits per heavy atom. The first-order chi connectivity index (χ1) is 14.7. The van der Waals surface area contributed by atoms with Crippen LogP contribution in [0, 0.1) is 6.92 Å². The topological polar surface area (TPSA) is 91.4 Å². The van der Waals surface area contributed by atoms with E-state index in [0.717, 1.165) is 41.1 Å². The van der Waals surface area contributed by atoms with Crippen LogP contribution in [0.15, 0.2) is 48.5 Å². The SMILES string of the molecule is Cc1cc(N2CCOCC2)nc(NCCNC(=O)Nc2ccc3ccccc3c2)n1. The molecule has 1 saturated heterocycles. The number of aromatic nitrogens is 2. The zero-order valence-electron chi connectivity index (χ0n) is 17.0. The Morgan fingerprint density at radius 2 is 1.83 bits per heavy atom. The summed E-state index contributed by atoms with van der Waals surface area (Å²) in [5, 5.41) is 11.1. The summed E-state index contributed by atoms with van der Waals surface area (Å²) in [4.78, 5) is 23.4. The Kier molecular flexibility index (Phi) is 6.24. The van der Waals surface area contributed by atoms with Gasteiger partial charge in [-0.1, -0.05) is 30.3 Å². The highest BCUT2D eigenvalue weighted by atomic mass is 16.5. The highest BCUT2D eigenvalue weighted by Gasteiger charge is 2.14. The normalized spacial score (nSPS) is 13.8. The van der Waals surface area contributed by atoms with Crippen LogP contribution in [-0.4, -0.2) is 55.4 Å². The molecule has 0 radical (unpaired) electrons. The number of hydrogen-bond donors (Lipinski definition) is 3. The molecule has 0 spiro atoms. The number of nitrogens with zero attached hydrogens (tertiary/aromatic N) is 3. The van der Waals surface area contributed by atoms with Gasteiger partial charge in [0, 0.05) is 43.6 Å². The average molecular weight is 406 g/mol. The Bertz CT molecular complexity index is 1020. The largest absolute Gasteiger partial charge is 0.378 e. The molecule has 4 rings (SSSR count). The summed E-state index contributed by atoms with van der Waals surface area (Å²) < 4.78 is 5.40. The van der Waals surface area contributed by atoms with Crippen LogP contribution in [0.1, 0.15) is 5.69 Å². The van der Waals surface area contributed by atoms with Gasteiger partial charge in [-0.15, -0.1) is 0 Å². The van der Waals surface area contributed by atoms with E-state index in [-0.39, 0.29) is 6.03 Å². The van der Waals surface area contributed by atoms with Crippen LogP contribution in [0.2, 0.25) is 0 Å². The van der Waals surface area contributed by atoms with Crippen LogP contribution < -0.4 is 20.9 Å². The lowest BCUT2D eigenvalue weighted by Gasteiger charge is -2.28. The molecule has 3 N–H and O–H groups in total. The standard InChI is InChI=1S/C22H26N6O2/c1-16-14-20(28-10-12-30-13-11-28)27-21(25-16)23-8-9-24-22(29)26-19-7-6-17-4-2-3-5-18(17)15-19/h2-7,14-15H,8-13H2,1H3,(H,23,25,27)(H2,24,26,29). The maximum absolute atomic E-state index is 12.2. The zero-order valence-corrected chi connectivity index (χ0v) is 17.0. The molecule has 2 aromatic carbocycles. The molecule has 8 nitrogen and oxygen atoms in total. The lowest BCUT2D eigenvalue weighted by atomic mass is 10.1. The molecule has 0 saturated carbocycles. The summed E-state index contributed by atoms with van der Waals surface area (Å²) in [7, 11) is 0. The maximum atomic E-state index is 12.2. The van der Waals surface area contributed by atoms with E-state index in [1.165, 1.54) is 0 Å². The second-order valence-electron chi connectivity index (χ2n) is 7.16. The van der Waals surface area contributed by atoms with Crippen LogP contribution >= 0.6 is 0 Å². The maximum Gasteiger partial charge on any atom is 0.319 e. The summed E-state index contributed by atoms with van der Waals surface area (Å²) >= 11 is 0. The highest BCUT2D eigenvalue weighted by Crippen LogP contribution is 2.19. The number of carbonyl (C=O) groups is 1. The number of morpholine rings is 1. The predicted molar refractivity (Wildman–Crippen MR) is 119 cm³/mol. The summed E-state index contributed by atoms with van der Waals surface area (Å²) in [5.74, 6) is 1.46. The Morgan fingerprint density at radius 3 is 2.67 bits per heavy atom. The fourth-order valence-electron chi connectivity index (χ4n) is 3.38. The number of nitrogens with one attached hydrogen (secondary N) is 3. The number of fused-ring (bicyclic) bond motifs is 1. The van der Waals surface area contributed by atoms with Gasteiger partial charge in [-0.05, 0) is 29.8 Å². The van der Waals surface area contributed by atoms with Crippen molar-refractivity contribution < 1.29 is 9.53 Å². The van der Waals surface area contributed by atoms with E-state index in [0.29, 0.717) is 32.3 Å². The number of aryl methyl sites for hydroxylation is 1. The minimum absolute atomic E-state index is 0.244. The third-order valence-corrected chi connectivity index (χ3v) is 4.88. The van der Waals surface area contributed by atoms with Crippen LogP contribution in [-0.2, 0) is 4.74 Å². The molecule has 1 fully saturated rings. The number of rotatable bonds is 6. The van der Waals surface area contributed by atoms with Gasteiger partial charge in [0.2, 0.25) is 5.95 Å². The van der Waals surface area contributed by atoms with E-state index in [9.17, 15) is 4.79 Å². The van der Waals surface area contributed by atoms with Gasteiger partial charge < -0.3 is 25.6 Å². The quantitative estimate of drug-likeness (QED) is 0.545. The third kappa shape index (κ3) is 5.15. The fraction of sp³-hybridized carbons (Fsp3) is 0.318. The Hall–Kier alpha value is -3.39. The summed E-state index contributed by atoms with van der Waals surface area (Å²) in [5.41, 5.74) is 1.66. The molecule has 1 aromatic heterocycles. The van der Waals surface area contributed by atoms with Gasteiger partial charge in [-0.2, -0.15) is 4.98 Å². The minimum Gasteiger partial charge on any atom is -0.378 e. The molecule has 8 heteroatoms. The van der Waals surface area contributed by atoms with Crippen molar-refractivity contribution in [1.29, 1.82) is 0 Å². The summed E-state index contributed by atoms with van der Waals surface area (Å²) in [6.07, 6.45) is 0. The van der Waals surface area contributed by atoms with Crippen LogP contribution in [0.5, 0.6) is 0 Å². The van der Waals surface area contributed by atoms with E-state index < -0.39 is 0 Å². The number of carbonyl (C=O) groups excluding carboxylic acids is 1. The fourth-order valence-corrected chi connectivity index (χ4v) is 3.38. The van der Waals surface area contributed by atoms with Crippen molar-refractivity contribution >= 4 is 34.3 Å². The molecule has 1 aliphatic rings. The number of benzene rings is 2. The summed E-state index contributed by atoms with van der Waals surface area (Å²) in [6.45, 7) is 6.00. The molecule has 1 aliphatic heterocycles. The first kappa shape index (κ1) is 19.9. The molecule has 2 heterocycles. The van der Waals surface area contributed by atoms with Gasteiger partial charge in [-0.3, -0.25) is 0 Å². The number of ether oxygens (including phenoxy) is 1. The van der Waals surface area contributed by atoms with E-state index in [1.54, 1.807) is 0 Å². The highest BCUT2D eigenvalue weighted by molar-refractivity contribution is 5.93. The molecule has 0 bridgehead atoms. The van der Waals surface area contributed by atoms with Crippen LogP contribution in [0.25, 0.3) is 10.8 Å². The molecule has 156 valence electrons. The first-order valence-corrected chi connectivity index (χ1v) is 10.1. The van der Waals surface area contributed by atoms with Crippen molar-refractivity contribution in [3.8, 4) is 0 Å². The van der Waals surface area contributed by atoms with Gasteiger partial charge in [0.15, 0.2) is 0 Å². The van der Waals surface area contributed by atoms with Crippen molar-refractivity contribution in [3.63, 3.8) is 0 Å². The molecular weight excluding hydrogens is 380 g/mol. The molecular formula is C22H26N6O2. The van der Waals surface area contributed by atoms with Crippen molar-refractivity contribution in [2.75, 3.05) is 54.9 Å². The lowest BCUT2D eigenvalue weighted by molar-refractivity contribution is 0.122. The molecule has 30 heavy (non-hydrogen) atoms. The van der Waals surface area contributed by atoms with Crippen molar-refractivity contribution in [2.45, 2.75) is 6.92 Å². The zero-order chi connectivity index (χ0) is 20.8. The third-order valence-electron chi connectivity index (χ3n) is 4.88. The van der Waals surface area contributed by atoms with Crippen LogP contribution in [0.3, 0.4) is 0 Å². The number of anilines is 3. The smallest absolute Gasteiger partial charge is 0.319 e. The number of hydrogen-bond acceptors (Lipinski definition) is 6. The predicted octanol–water partition coefficient (Wildman–Crippen LogP) is 3.01. The van der Waals surface area contributed by atoms with Crippen molar-refractivity contribution in [1.82, 2.24) is 15.3 Å². The molecule has 0 unspecified atom stereocenters. The van der Waals surface area contributed by atoms with Gasteiger partial charge in [-0.25, -0.2) is 9.78 Å². The molecule has 3 aromatic rings. The Labute approximate surface area is 175 Å². The van der Waals surface area contributed by atoms with Crippen LogP contribution in [0.4, 0.5) is 22.2 Å². The molecule has 0 atom stereocenters. The molecule has 2 amide bonds. The monoisotopic (exact) mass is 406 g/mol. The van der Waals surface area contributed by atoms with Gasteiger partial charge >= 0.3 is 6.03 Å². The number of amides is 2. The van der Waals surface area contributed by atoms with Crippen molar-refractivity contribution in [3.05, 3.63) is 54.2 Å².